The number of hydrogen-bond donors (Lipinski definition) is 0. The van der Waals surface area contributed by atoms with Crippen molar-refractivity contribution in [2.24, 2.45) is 10.9 Å². The maximum atomic E-state index is 13.6. The van der Waals surface area contributed by atoms with Crippen LogP contribution in [0.5, 0.6) is 5.75 Å². The molecule has 0 aliphatic carbocycles. The topological polar surface area (TPSA) is 59.7 Å². The first-order chi connectivity index (χ1) is 17.6. The molecule has 2 heterocycles. The summed E-state index contributed by atoms with van der Waals surface area (Å²) in [6.07, 6.45) is 1.63. The first kappa shape index (κ1) is 27.0. The number of halogens is 3. The molecule has 0 bridgehead atoms. The molecule has 0 atom stereocenters. The minimum absolute atomic E-state index is 0.160. The van der Waals surface area contributed by atoms with Gasteiger partial charge in [0.1, 0.15) is 11.3 Å². The molecule has 0 saturated carbocycles. The molecule has 9 heteroatoms. The molecular formula is C28H27Cl3N4O2. The summed E-state index contributed by atoms with van der Waals surface area (Å²) in [5.74, 6) is 0.342. The second-order valence-electron chi connectivity index (χ2n) is 9.29. The molecule has 37 heavy (non-hydrogen) atoms. The average Bonchev–Trinajstić information content (AvgIpc) is 2.84. The number of methoxy groups -OCH3 is 1. The monoisotopic (exact) mass is 556 g/mol. The van der Waals surface area contributed by atoms with Gasteiger partial charge in [0.25, 0.3) is 5.56 Å². The van der Waals surface area contributed by atoms with Gasteiger partial charge < -0.3 is 9.64 Å². The Labute approximate surface area is 231 Å². The molecule has 0 radical (unpaired) electrons. The Balaban J connectivity index is 2.20. The lowest BCUT2D eigenvalue weighted by atomic mass is 9.97. The van der Waals surface area contributed by atoms with E-state index in [1.54, 1.807) is 27.9 Å². The predicted molar refractivity (Wildman–Crippen MR) is 155 cm³/mol. The van der Waals surface area contributed by atoms with Crippen LogP contribution in [-0.4, -0.2) is 42.0 Å². The molecule has 0 saturated heterocycles. The molecule has 0 amide bonds. The van der Waals surface area contributed by atoms with E-state index >= 15 is 0 Å². The summed E-state index contributed by atoms with van der Waals surface area (Å²) in [5, 5.41) is 2.26. The Bertz CT molecular complexity index is 1540. The van der Waals surface area contributed by atoms with Crippen molar-refractivity contribution >= 4 is 57.9 Å². The second-order valence-corrected chi connectivity index (χ2v) is 10.6. The van der Waals surface area contributed by atoms with E-state index in [1.807, 2.05) is 64.3 Å². The number of fused-ring (bicyclic) bond motifs is 1. The fourth-order valence-electron chi connectivity index (χ4n) is 4.08. The van der Waals surface area contributed by atoms with Crippen LogP contribution >= 0.6 is 34.8 Å². The summed E-state index contributed by atoms with van der Waals surface area (Å²) in [5.41, 5.74) is 3.58. The van der Waals surface area contributed by atoms with Crippen molar-refractivity contribution in [3.8, 4) is 28.1 Å². The van der Waals surface area contributed by atoms with Crippen LogP contribution < -0.4 is 10.3 Å². The number of benzene rings is 2. The average molecular weight is 558 g/mol. The third-order valence-electron chi connectivity index (χ3n) is 5.68. The van der Waals surface area contributed by atoms with E-state index in [0.717, 1.165) is 11.1 Å². The van der Waals surface area contributed by atoms with Crippen molar-refractivity contribution in [3.05, 3.63) is 74.0 Å². The first-order valence-corrected chi connectivity index (χ1v) is 12.8. The summed E-state index contributed by atoms with van der Waals surface area (Å²) < 4.78 is 7.25. The van der Waals surface area contributed by atoms with E-state index in [2.05, 4.69) is 4.99 Å². The molecular weight excluding hydrogens is 531 g/mol. The zero-order chi connectivity index (χ0) is 26.9. The molecule has 0 aliphatic rings. The number of pyridine rings is 2. The van der Waals surface area contributed by atoms with E-state index in [1.165, 1.54) is 7.11 Å². The highest BCUT2D eigenvalue weighted by molar-refractivity contribution is 6.36. The highest BCUT2D eigenvalue weighted by Gasteiger charge is 2.23. The number of nitrogens with zero attached hydrogens (tertiary/aromatic N) is 4. The smallest absolute Gasteiger partial charge is 0.296 e. The van der Waals surface area contributed by atoms with Crippen LogP contribution in [0, 0.1) is 5.92 Å². The second kappa shape index (κ2) is 11.1. The number of hydrogen-bond acceptors (Lipinski definition) is 4. The van der Waals surface area contributed by atoms with Gasteiger partial charge in [0, 0.05) is 47.2 Å². The van der Waals surface area contributed by atoms with E-state index in [-0.39, 0.29) is 17.2 Å². The van der Waals surface area contributed by atoms with Crippen molar-refractivity contribution in [2.45, 2.75) is 20.4 Å². The van der Waals surface area contributed by atoms with Crippen LogP contribution in [0.3, 0.4) is 0 Å². The zero-order valence-corrected chi connectivity index (χ0v) is 23.5. The van der Waals surface area contributed by atoms with Gasteiger partial charge in [-0.05, 0) is 47.9 Å². The van der Waals surface area contributed by atoms with E-state index in [4.69, 9.17) is 44.5 Å². The van der Waals surface area contributed by atoms with Gasteiger partial charge in [-0.1, -0.05) is 60.8 Å². The largest absolute Gasteiger partial charge is 0.490 e. The number of aliphatic imine (C=N–C) groups is 1. The lowest BCUT2D eigenvalue weighted by molar-refractivity contribution is 0.401. The molecule has 0 N–H and O–H groups in total. The maximum Gasteiger partial charge on any atom is 0.296 e. The third kappa shape index (κ3) is 5.61. The number of ether oxygens (including phenoxy) is 1. The van der Waals surface area contributed by atoms with Gasteiger partial charge in [0.05, 0.1) is 24.2 Å². The van der Waals surface area contributed by atoms with E-state index in [9.17, 15) is 4.79 Å². The normalized spacial score (nSPS) is 11.6. The van der Waals surface area contributed by atoms with Crippen molar-refractivity contribution in [3.63, 3.8) is 0 Å². The summed E-state index contributed by atoms with van der Waals surface area (Å²) in [6, 6.07) is 14.7. The molecule has 0 aliphatic heterocycles. The maximum absolute atomic E-state index is 13.6. The lowest BCUT2D eigenvalue weighted by Crippen LogP contribution is -2.25. The Morgan fingerprint density at radius 2 is 1.70 bits per heavy atom. The molecule has 4 rings (SSSR count). The highest BCUT2D eigenvalue weighted by atomic mass is 35.5. The Kier molecular flexibility index (Phi) is 8.12. The molecule has 2 aromatic heterocycles. The first-order valence-electron chi connectivity index (χ1n) is 11.7. The SMILES string of the molecule is COc1c(N=CN(C)C)c2cc(-c3ccc(Cl)cc3)c(-c3ccc(Cl)cc3Cl)nc2n(CC(C)C)c1=O. The molecule has 0 spiro atoms. The van der Waals surface area contributed by atoms with Crippen molar-refractivity contribution in [2.75, 3.05) is 21.2 Å². The van der Waals surface area contributed by atoms with E-state index < -0.39 is 0 Å². The Hall–Kier alpha value is -3.06. The Morgan fingerprint density at radius 3 is 2.30 bits per heavy atom. The van der Waals surface area contributed by atoms with Gasteiger partial charge in [0.15, 0.2) is 0 Å². The van der Waals surface area contributed by atoms with Gasteiger partial charge in [-0.15, -0.1) is 0 Å². The van der Waals surface area contributed by atoms with Crippen LogP contribution in [0.15, 0.2) is 58.3 Å². The molecule has 0 fully saturated rings. The zero-order valence-electron chi connectivity index (χ0n) is 21.2. The van der Waals surface area contributed by atoms with Crippen LogP contribution in [0.1, 0.15) is 13.8 Å². The van der Waals surface area contributed by atoms with Crippen LogP contribution in [0.4, 0.5) is 5.69 Å². The fourth-order valence-corrected chi connectivity index (χ4v) is 4.71. The minimum Gasteiger partial charge on any atom is -0.490 e. The van der Waals surface area contributed by atoms with Gasteiger partial charge in [-0.3, -0.25) is 9.36 Å². The van der Waals surface area contributed by atoms with Crippen molar-refractivity contribution in [1.82, 2.24) is 14.5 Å². The van der Waals surface area contributed by atoms with Gasteiger partial charge in [-0.2, -0.15) is 0 Å². The quantitative estimate of drug-likeness (QED) is 0.174. The van der Waals surface area contributed by atoms with Crippen LogP contribution in [-0.2, 0) is 6.54 Å². The van der Waals surface area contributed by atoms with Crippen LogP contribution in [0.25, 0.3) is 33.4 Å². The fraction of sp³-hybridized carbons (Fsp3) is 0.250. The molecule has 2 aromatic carbocycles. The molecule has 192 valence electrons. The van der Waals surface area contributed by atoms with Crippen LogP contribution in [0.2, 0.25) is 15.1 Å². The van der Waals surface area contributed by atoms with Gasteiger partial charge in [0.2, 0.25) is 5.75 Å². The molecule has 6 nitrogen and oxygen atoms in total. The number of aromatic nitrogens is 2. The summed E-state index contributed by atoms with van der Waals surface area (Å²) in [7, 11) is 5.19. The predicted octanol–water partition coefficient (Wildman–Crippen LogP) is 7.58. The van der Waals surface area contributed by atoms with Gasteiger partial charge >= 0.3 is 0 Å². The number of rotatable bonds is 7. The third-order valence-corrected chi connectivity index (χ3v) is 6.48. The van der Waals surface area contributed by atoms with Crippen molar-refractivity contribution < 1.29 is 4.74 Å². The lowest BCUT2D eigenvalue weighted by Gasteiger charge is -2.19. The van der Waals surface area contributed by atoms with Gasteiger partial charge in [-0.25, -0.2) is 9.98 Å². The van der Waals surface area contributed by atoms with E-state index in [0.29, 0.717) is 49.6 Å². The minimum atomic E-state index is -0.297. The Morgan fingerprint density at radius 1 is 1.03 bits per heavy atom. The standard InChI is InChI=1S/C28H27Cl3N4O2/c1-16(2)14-35-27-22(25(32-15-34(3)4)26(37-5)28(35)36)13-21(17-6-8-18(29)9-7-17)24(33-27)20-11-10-19(30)12-23(20)31/h6-13,15-16H,14H2,1-5H3. The highest BCUT2D eigenvalue weighted by Crippen LogP contribution is 2.41. The summed E-state index contributed by atoms with van der Waals surface area (Å²) in [4.78, 5) is 25.1. The molecule has 4 aromatic rings. The summed E-state index contributed by atoms with van der Waals surface area (Å²) >= 11 is 19.0. The van der Waals surface area contributed by atoms with Crippen molar-refractivity contribution in [1.29, 1.82) is 0 Å². The summed E-state index contributed by atoms with van der Waals surface area (Å²) in [6.45, 7) is 4.54. The molecule has 0 unspecified atom stereocenters.